The molecule has 5 rings (SSSR count). The van der Waals surface area contributed by atoms with Gasteiger partial charge in [-0.1, -0.05) is 57.1 Å². The Morgan fingerprint density at radius 3 is 1.25 bits per heavy atom. The van der Waals surface area contributed by atoms with E-state index in [0.29, 0.717) is 21.9 Å². The van der Waals surface area contributed by atoms with Crippen LogP contribution in [0.15, 0.2) is 72.8 Å². The van der Waals surface area contributed by atoms with Crippen molar-refractivity contribution in [1.82, 2.24) is 20.4 Å². The largest absolute Gasteiger partial charge is 0.508 e. The first-order valence-corrected chi connectivity index (χ1v) is 11.0. The molecule has 0 unspecified atom stereocenters. The van der Waals surface area contributed by atoms with Gasteiger partial charge in [-0.3, -0.25) is 0 Å². The van der Waals surface area contributed by atoms with Gasteiger partial charge in [-0.2, -0.15) is 0 Å². The molecule has 0 bridgehead atoms. The van der Waals surface area contributed by atoms with Gasteiger partial charge in [0.05, 0.1) is 0 Å². The van der Waals surface area contributed by atoms with E-state index in [2.05, 4.69) is 20.4 Å². The van der Waals surface area contributed by atoms with E-state index in [-0.39, 0.29) is 11.5 Å². The second kappa shape index (κ2) is 8.61. The van der Waals surface area contributed by atoms with Crippen LogP contribution >= 0.6 is 22.7 Å². The fourth-order valence-corrected chi connectivity index (χ4v) is 4.16. The third kappa shape index (κ3) is 4.51. The molecule has 0 atom stereocenters. The van der Waals surface area contributed by atoms with Crippen molar-refractivity contribution < 1.29 is 19.7 Å². The third-order valence-electron chi connectivity index (χ3n) is 4.28. The van der Waals surface area contributed by atoms with Gasteiger partial charge in [0.15, 0.2) is 10.0 Å². The Balaban J connectivity index is 1.27. The lowest BCUT2D eigenvalue weighted by atomic mass is 10.1. The Bertz CT molecular complexity index is 1230. The monoisotopic (exact) mass is 462 g/mol. The first-order chi connectivity index (χ1) is 15.6. The average Bonchev–Trinajstić information content (AvgIpc) is 3.47. The lowest BCUT2D eigenvalue weighted by Gasteiger charge is -2.00. The molecule has 5 aromatic rings. The fraction of sp³-hybridized carbons (Fsp3) is 0. The van der Waals surface area contributed by atoms with E-state index in [1.165, 1.54) is 22.7 Å². The van der Waals surface area contributed by atoms with E-state index in [1.54, 1.807) is 48.5 Å². The first-order valence-electron chi connectivity index (χ1n) is 9.34. The van der Waals surface area contributed by atoms with E-state index in [9.17, 15) is 10.2 Å². The number of phenolic OH excluding ortho intramolecular Hbond substituents is 2. The second-order valence-corrected chi connectivity index (χ2v) is 8.40. The van der Waals surface area contributed by atoms with Crippen molar-refractivity contribution in [2.24, 2.45) is 0 Å². The highest BCUT2D eigenvalue weighted by atomic mass is 32.1. The molecule has 0 aliphatic rings. The van der Waals surface area contributed by atoms with Crippen molar-refractivity contribution in [3.05, 3.63) is 72.8 Å². The number of benzene rings is 3. The molecular formula is C22H14N4O4S2. The third-order valence-corrected chi connectivity index (χ3v) is 5.98. The maximum atomic E-state index is 9.35. The van der Waals surface area contributed by atoms with Gasteiger partial charge in [0.1, 0.15) is 23.0 Å². The Kier molecular flexibility index (Phi) is 5.36. The summed E-state index contributed by atoms with van der Waals surface area (Å²) in [5.74, 6) is 1.49. The van der Waals surface area contributed by atoms with E-state index in [0.717, 1.165) is 21.1 Å². The summed E-state index contributed by atoms with van der Waals surface area (Å²) in [7, 11) is 0. The maximum absolute atomic E-state index is 9.35. The summed E-state index contributed by atoms with van der Waals surface area (Å²) in [6.07, 6.45) is 0. The molecule has 0 amide bonds. The van der Waals surface area contributed by atoms with E-state index in [4.69, 9.17) is 9.47 Å². The number of nitrogens with zero attached hydrogens (tertiary/aromatic N) is 4. The van der Waals surface area contributed by atoms with Crippen LogP contribution in [0.1, 0.15) is 0 Å². The standard InChI is InChI=1S/C22H14N4O4S2/c27-15-5-9-17(10-6-15)29-21-25-23-19(31-21)13-1-2-14(4-3-13)20-24-26-22(32-20)30-18-11-7-16(28)8-12-18/h1-12,27-28H. The Morgan fingerprint density at radius 1 is 0.500 bits per heavy atom. The molecule has 0 saturated carbocycles. The molecule has 158 valence electrons. The molecule has 0 fully saturated rings. The fourth-order valence-electron chi connectivity index (χ4n) is 2.72. The van der Waals surface area contributed by atoms with Crippen molar-refractivity contribution in [3.8, 4) is 54.5 Å². The van der Waals surface area contributed by atoms with Crippen molar-refractivity contribution >= 4 is 22.7 Å². The maximum Gasteiger partial charge on any atom is 0.299 e. The Labute approximate surface area is 190 Å². The van der Waals surface area contributed by atoms with Crippen LogP contribution in [0.5, 0.6) is 33.4 Å². The summed E-state index contributed by atoms with van der Waals surface area (Å²) in [5.41, 5.74) is 1.80. The zero-order chi connectivity index (χ0) is 21.9. The minimum Gasteiger partial charge on any atom is -0.508 e. The summed E-state index contributed by atoms with van der Waals surface area (Å²) >= 11 is 2.65. The van der Waals surface area contributed by atoms with E-state index in [1.807, 2.05) is 24.3 Å². The zero-order valence-corrected chi connectivity index (χ0v) is 17.9. The molecule has 0 saturated heterocycles. The molecule has 10 heteroatoms. The number of phenols is 2. The molecule has 2 heterocycles. The summed E-state index contributed by atoms with van der Waals surface area (Å²) in [4.78, 5) is 0. The lowest BCUT2D eigenvalue weighted by molar-refractivity contribution is 0.460. The molecule has 0 aliphatic heterocycles. The van der Waals surface area contributed by atoms with Gasteiger partial charge in [-0.25, -0.2) is 0 Å². The van der Waals surface area contributed by atoms with Crippen molar-refractivity contribution in [2.75, 3.05) is 0 Å². The minimum atomic E-state index is 0.171. The van der Waals surface area contributed by atoms with Gasteiger partial charge in [-0.15, -0.1) is 10.2 Å². The van der Waals surface area contributed by atoms with Crippen LogP contribution < -0.4 is 9.47 Å². The van der Waals surface area contributed by atoms with Crippen molar-refractivity contribution in [1.29, 1.82) is 0 Å². The van der Waals surface area contributed by atoms with Crippen molar-refractivity contribution in [3.63, 3.8) is 0 Å². The summed E-state index contributed by atoms with van der Waals surface area (Å²) in [5, 5.41) is 37.5. The van der Waals surface area contributed by atoms with Crippen LogP contribution in [-0.2, 0) is 0 Å². The van der Waals surface area contributed by atoms with Crippen LogP contribution in [0, 0.1) is 0 Å². The number of aromatic hydroxyl groups is 2. The molecule has 0 spiro atoms. The van der Waals surface area contributed by atoms with E-state index >= 15 is 0 Å². The highest BCUT2D eigenvalue weighted by Crippen LogP contribution is 2.34. The molecule has 3 aromatic carbocycles. The number of aromatic nitrogens is 4. The van der Waals surface area contributed by atoms with Gasteiger partial charge < -0.3 is 19.7 Å². The first kappa shape index (κ1) is 19.9. The minimum absolute atomic E-state index is 0.171. The van der Waals surface area contributed by atoms with Crippen molar-refractivity contribution in [2.45, 2.75) is 0 Å². The van der Waals surface area contributed by atoms with Crippen LogP contribution in [0.2, 0.25) is 0 Å². The number of hydrogen-bond donors (Lipinski definition) is 2. The normalized spacial score (nSPS) is 10.8. The van der Waals surface area contributed by atoms with Gasteiger partial charge >= 0.3 is 0 Å². The predicted octanol–water partition coefficient (Wildman–Crippen LogP) is 5.72. The summed E-state index contributed by atoms with van der Waals surface area (Å²) < 4.78 is 11.4. The molecule has 0 aliphatic carbocycles. The predicted molar refractivity (Wildman–Crippen MR) is 121 cm³/mol. The molecule has 2 aromatic heterocycles. The van der Waals surface area contributed by atoms with Crippen LogP contribution in [-0.4, -0.2) is 30.6 Å². The SMILES string of the molecule is Oc1ccc(Oc2nnc(-c3ccc(-c4nnc(Oc5ccc(O)cc5)s4)cc3)s2)cc1. The quantitative estimate of drug-likeness (QED) is 0.330. The molecule has 32 heavy (non-hydrogen) atoms. The molecule has 0 radical (unpaired) electrons. The van der Waals surface area contributed by atoms with Gasteiger partial charge in [0.2, 0.25) is 0 Å². The summed E-state index contributed by atoms with van der Waals surface area (Å²) in [6.45, 7) is 0. The smallest absolute Gasteiger partial charge is 0.299 e. The van der Waals surface area contributed by atoms with Gasteiger partial charge in [0, 0.05) is 11.1 Å². The van der Waals surface area contributed by atoms with E-state index < -0.39 is 0 Å². The topological polar surface area (TPSA) is 110 Å². The number of rotatable bonds is 6. The number of ether oxygens (including phenoxy) is 2. The number of hydrogen-bond acceptors (Lipinski definition) is 10. The van der Waals surface area contributed by atoms with Gasteiger partial charge in [-0.05, 0) is 48.5 Å². The molecule has 8 nitrogen and oxygen atoms in total. The van der Waals surface area contributed by atoms with Crippen LogP contribution in [0.4, 0.5) is 0 Å². The highest BCUT2D eigenvalue weighted by Gasteiger charge is 2.12. The highest BCUT2D eigenvalue weighted by molar-refractivity contribution is 7.16. The molecule has 2 N–H and O–H groups in total. The Hall–Kier alpha value is -4.02. The molecular weight excluding hydrogens is 448 g/mol. The Morgan fingerprint density at radius 2 is 0.875 bits per heavy atom. The lowest BCUT2D eigenvalue weighted by Crippen LogP contribution is -1.82. The van der Waals surface area contributed by atoms with Gasteiger partial charge in [0.25, 0.3) is 10.4 Å². The van der Waals surface area contributed by atoms with Crippen LogP contribution in [0.3, 0.4) is 0 Å². The second-order valence-electron chi connectivity index (χ2n) is 6.52. The average molecular weight is 463 g/mol. The zero-order valence-electron chi connectivity index (χ0n) is 16.2. The van der Waals surface area contributed by atoms with Crippen LogP contribution in [0.25, 0.3) is 21.1 Å². The summed E-state index contributed by atoms with van der Waals surface area (Å²) in [6, 6.07) is 20.6.